The smallest absolute Gasteiger partial charge is 0.325 e. The van der Waals surface area contributed by atoms with E-state index in [9.17, 15) is 14.9 Å². The Morgan fingerprint density at radius 2 is 1.83 bits per heavy atom. The maximum atomic E-state index is 12.9. The normalized spacial score (nSPS) is 16.6. The van der Waals surface area contributed by atoms with E-state index in [0.29, 0.717) is 23.1 Å². The predicted octanol–water partition coefficient (Wildman–Crippen LogP) is 3.93. The van der Waals surface area contributed by atoms with E-state index in [1.165, 1.54) is 36.7 Å². The van der Waals surface area contributed by atoms with Gasteiger partial charge in [-0.1, -0.05) is 0 Å². The summed E-state index contributed by atoms with van der Waals surface area (Å²) in [6, 6.07) is 11.4. The van der Waals surface area contributed by atoms with Gasteiger partial charge < -0.3 is 20.4 Å². The van der Waals surface area contributed by atoms with Crippen molar-refractivity contribution in [3.63, 3.8) is 0 Å². The minimum atomic E-state index is -0.215. The molecule has 0 atom stereocenters. The van der Waals surface area contributed by atoms with Crippen molar-refractivity contribution >= 4 is 40.2 Å². The van der Waals surface area contributed by atoms with E-state index in [2.05, 4.69) is 31.9 Å². The van der Waals surface area contributed by atoms with Crippen molar-refractivity contribution in [3.8, 4) is 6.07 Å². The van der Waals surface area contributed by atoms with E-state index in [-0.39, 0.29) is 12.1 Å². The first kappa shape index (κ1) is 23.6. The first-order valence-corrected chi connectivity index (χ1v) is 12.4. The third kappa shape index (κ3) is 4.83. The molecule has 2 aromatic heterocycles. The Balaban J connectivity index is 1.26. The van der Waals surface area contributed by atoms with Crippen LogP contribution in [0.2, 0.25) is 0 Å². The van der Waals surface area contributed by atoms with Crippen LogP contribution in [0.5, 0.6) is 0 Å². The summed E-state index contributed by atoms with van der Waals surface area (Å²) in [5.74, 6) is 0.384. The van der Waals surface area contributed by atoms with E-state index >= 15 is 0 Å². The van der Waals surface area contributed by atoms with Gasteiger partial charge >= 0.3 is 12.1 Å². The minimum absolute atomic E-state index is 0.171. The summed E-state index contributed by atoms with van der Waals surface area (Å²) >= 11 is 0. The summed E-state index contributed by atoms with van der Waals surface area (Å²) in [6.45, 7) is 3.80. The van der Waals surface area contributed by atoms with Crippen LogP contribution in [0.25, 0.3) is 10.9 Å². The molecule has 10 nitrogen and oxygen atoms in total. The van der Waals surface area contributed by atoms with Crippen LogP contribution >= 0.6 is 0 Å². The molecule has 3 amide bonds. The molecule has 1 aromatic carbocycles. The number of nitrogens with zero attached hydrogens (tertiary/aromatic N) is 5. The van der Waals surface area contributed by atoms with Crippen molar-refractivity contribution in [3.05, 3.63) is 48.3 Å². The van der Waals surface area contributed by atoms with Crippen LogP contribution in [0, 0.1) is 11.3 Å². The lowest BCUT2D eigenvalue weighted by Gasteiger charge is -2.36. The second-order valence-electron chi connectivity index (χ2n) is 9.26. The number of fused-ring (bicyclic) bond motifs is 1. The van der Waals surface area contributed by atoms with Crippen molar-refractivity contribution in [1.82, 2.24) is 24.7 Å². The number of aromatic nitrogens is 2. The topological polar surface area (TPSA) is 118 Å². The molecule has 0 spiro atoms. The second kappa shape index (κ2) is 10.3. The Kier molecular flexibility index (Phi) is 6.73. The third-order valence-corrected chi connectivity index (χ3v) is 7.07. The number of urea groups is 1. The molecule has 10 heteroatoms. The van der Waals surface area contributed by atoms with Crippen LogP contribution in [0.15, 0.2) is 42.7 Å². The van der Waals surface area contributed by atoms with Crippen LogP contribution in [0.1, 0.15) is 31.2 Å². The zero-order chi connectivity index (χ0) is 25.1. The van der Waals surface area contributed by atoms with Crippen molar-refractivity contribution in [1.29, 1.82) is 5.26 Å². The molecule has 5 rings (SSSR count). The number of piperidine rings is 1. The molecule has 2 fully saturated rings. The summed E-state index contributed by atoms with van der Waals surface area (Å²) in [4.78, 5) is 33.6. The highest BCUT2D eigenvalue weighted by Gasteiger charge is 2.28. The molecule has 2 aliphatic heterocycles. The number of benzene rings is 1. The maximum absolute atomic E-state index is 12.9. The Labute approximate surface area is 209 Å². The highest BCUT2D eigenvalue weighted by molar-refractivity contribution is 5.94. The largest absolute Gasteiger partial charge is 0.354 e. The van der Waals surface area contributed by atoms with Gasteiger partial charge in [0.05, 0.1) is 16.8 Å². The van der Waals surface area contributed by atoms with Gasteiger partial charge in [-0.3, -0.25) is 9.88 Å². The van der Waals surface area contributed by atoms with E-state index in [0.717, 1.165) is 42.5 Å². The summed E-state index contributed by atoms with van der Waals surface area (Å²) in [7, 11) is 1.59. The molecule has 0 radical (unpaired) electrons. The summed E-state index contributed by atoms with van der Waals surface area (Å²) < 4.78 is 1.54. The number of carbonyl (C=O) groups is 2. The molecule has 186 valence electrons. The monoisotopic (exact) mass is 486 g/mol. The Morgan fingerprint density at radius 1 is 1.06 bits per heavy atom. The number of anilines is 3. The predicted molar refractivity (Wildman–Crippen MR) is 138 cm³/mol. The molecule has 0 bridgehead atoms. The minimum Gasteiger partial charge on any atom is -0.354 e. The number of hydrogen-bond donors (Lipinski definition) is 3. The number of rotatable bonds is 4. The maximum Gasteiger partial charge on any atom is 0.325 e. The molecule has 0 saturated carbocycles. The first-order valence-electron chi connectivity index (χ1n) is 12.4. The molecular formula is C26H30N8O2. The second-order valence-corrected chi connectivity index (χ2v) is 9.26. The Morgan fingerprint density at radius 3 is 2.56 bits per heavy atom. The lowest BCUT2D eigenvalue weighted by molar-refractivity contribution is 0.140. The van der Waals surface area contributed by atoms with Gasteiger partial charge in [-0.15, -0.1) is 0 Å². The van der Waals surface area contributed by atoms with Gasteiger partial charge in [-0.2, -0.15) is 5.26 Å². The van der Waals surface area contributed by atoms with E-state index in [4.69, 9.17) is 0 Å². The molecule has 4 heterocycles. The van der Waals surface area contributed by atoms with Crippen molar-refractivity contribution in [2.75, 3.05) is 43.9 Å². The molecule has 3 aromatic rings. The van der Waals surface area contributed by atoms with Crippen molar-refractivity contribution < 1.29 is 9.59 Å². The van der Waals surface area contributed by atoms with Gasteiger partial charge in [-0.25, -0.2) is 14.6 Å². The fraction of sp³-hybridized carbons (Fsp3) is 0.385. The molecule has 36 heavy (non-hydrogen) atoms. The van der Waals surface area contributed by atoms with Crippen LogP contribution in [-0.2, 0) is 0 Å². The molecule has 2 saturated heterocycles. The van der Waals surface area contributed by atoms with Gasteiger partial charge in [0.25, 0.3) is 0 Å². The fourth-order valence-electron chi connectivity index (χ4n) is 5.12. The van der Waals surface area contributed by atoms with Crippen LogP contribution in [0.3, 0.4) is 0 Å². The number of nitriles is 1. The van der Waals surface area contributed by atoms with Gasteiger partial charge in [0.1, 0.15) is 11.9 Å². The Hall–Kier alpha value is -4.10. The first-order chi connectivity index (χ1) is 17.6. The highest BCUT2D eigenvalue weighted by atomic mass is 16.2. The van der Waals surface area contributed by atoms with Gasteiger partial charge in [0.2, 0.25) is 0 Å². The fourth-order valence-corrected chi connectivity index (χ4v) is 5.12. The third-order valence-electron chi connectivity index (χ3n) is 7.07. The number of nitrogens with one attached hydrogen (secondary N) is 3. The SMILES string of the molecule is CNC(=O)n1ccc2cc(Nc3cc(NC(=O)N4CCC(N5CCCC5)CC4)ncc3C#N)ccc21. The van der Waals surface area contributed by atoms with Crippen LogP contribution in [0.4, 0.5) is 26.8 Å². The quantitative estimate of drug-likeness (QED) is 0.514. The standard InChI is InChI=1S/C26H30N8O2/c1-28-25(35)34-13-6-18-14-20(4-5-23(18)34)30-22-15-24(29-17-19(22)16-27)31-26(36)33-11-7-21(8-12-33)32-9-2-3-10-32/h4-6,13-15,17,21H,2-3,7-12H2,1H3,(H,28,35)(H2,29,30,31,36). The van der Waals surface area contributed by atoms with E-state index in [1.807, 2.05) is 29.2 Å². The van der Waals surface area contributed by atoms with Crippen LogP contribution in [-0.4, -0.2) is 70.7 Å². The zero-order valence-electron chi connectivity index (χ0n) is 20.3. The summed E-state index contributed by atoms with van der Waals surface area (Å²) in [6.07, 6.45) is 7.70. The van der Waals surface area contributed by atoms with Gasteiger partial charge in [0.15, 0.2) is 0 Å². The van der Waals surface area contributed by atoms with Crippen molar-refractivity contribution in [2.24, 2.45) is 0 Å². The van der Waals surface area contributed by atoms with E-state index < -0.39 is 0 Å². The zero-order valence-corrected chi connectivity index (χ0v) is 20.3. The lowest BCUT2D eigenvalue weighted by Crippen LogP contribution is -2.47. The molecule has 2 aliphatic rings. The average Bonchev–Trinajstić information content (AvgIpc) is 3.59. The van der Waals surface area contributed by atoms with E-state index in [1.54, 1.807) is 19.3 Å². The Bertz CT molecular complexity index is 1310. The molecule has 0 unspecified atom stereocenters. The number of likely N-dealkylation sites (tertiary alicyclic amines) is 2. The molecule has 3 N–H and O–H groups in total. The highest BCUT2D eigenvalue weighted by Crippen LogP contribution is 2.27. The number of hydrogen-bond acceptors (Lipinski definition) is 6. The van der Waals surface area contributed by atoms with Crippen molar-refractivity contribution in [2.45, 2.75) is 31.7 Å². The lowest BCUT2D eigenvalue weighted by atomic mass is 10.0. The summed E-state index contributed by atoms with van der Waals surface area (Å²) in [5.41, 5.74) is 2.43. The van der Waals surface area contributed by atoms with Crippen LogP contribution < -0.4 is 16.0 Å². The van der Waals surface area contributed by atoms with Gasteiger partial charge in [-0.05, 0) is 63.0 Å². The number of amides is 3. The van der Waals surface area contributed by atoms with Gasteiger partial charge in [0, 0.05) is 55.7 Å². The average molecular weight is 487 g/mol. The number of pyridine rings is 1. The number of carbonyl (C=O) groups excluding carboxylic acids is 2. The summed E-state index contributed by atoms with van der Waals surface area (Å²) in [5, 5.41) is 19.2. The molecule has 0 aliphatic carbocycles. The molecular weight excluding hydrogens is 456 g/mol.